The van der Waals surface area contributed by atoms with Crippen LogP contribution in [0, 0.1) is 0 Å². The molecule has 33 heavy (non-hydrogen) atoms. The maximum atomic E-state index is 11.8. The highest BCUT2D eigenvalue weighted by molar-refractivity contribution is 5.68. The van der Waals surface area contributed by atoms with Crippen molar-refractivity contribution in [3.05, 3.63) is 29.8 Å². The first-order valence-electron chi connectivity index (χ1n) is 10.3. The number of rotatable bonds is 9. The van der Waals surface area contributed by atoms with E-state index in [0.29, 0.717) is 6.42 Å². The summed E-state index contributed by atoms with van der Waals surface area (Å²) in [5.74, 6) is -2.60. The number of hydrogen-bond donors (Lipinski definition) is 1. The molecular weight excluding hydrogens is 440 g/mol. The molecule has 1 aromatic rings. The number of benzene rings is 1. The van der Waals surface area contributed by atoms with Crippen LogP contribution in [0.5, 0.6) is 5.75 Å². The largest absolute Gasteiger partial charge is 0.508 e. The minimum absolute atomic E-state index is 0.110. The second kappa shape index (κ2) is 12.2. The van der Waals surface area contributed by atoms with Crippen LogP contribution in [0.4, 0.5) is 0 Å². The van der Waals surface area contributed by atoms with Gasteiger partial charge in [-0.1, -0.05) is 12.1 Å². The van der Waals surface area contributed by atoms with Crippen LogP contribution in [0.15, 0.2) is 24.3 Å². The van der Waals surface area contributed by atoms with Crippen molar-refractivity contribution >= 4 is 23.9 Å². The van der Waals surface area contributed by atoms with Gasteiger partial charge in [-0.2, -0.15) is 0 Å². The topological polar surface area (TPSA) is 144 Å². The normalized spacial score (nSPS) is 24.4. The van der Waals surface area contributed by atoms with E-state index in [0.717, 1.165) is 26.3 Å². The van der Waals surface area contributed by atoms with Crippen molar-refractivity contribution in [2.24, 2.45) is 0 Å². The quantitative estimate of drug-likeness (QED) is 0.410. The van der Waals surface area contributed by atoms with Crippen LogP contribution in [0.3, 0.4) is 0 Å². The Morgan fingerprint density at radius 1 is 0.818 bits per heavy atom. The Hall–Kier alpha value is -3.18. The van der Waals surface area contributed by atoms with Gasteiger partial charge in [0.15, 0.2) is 24.6 Å². The van der Waals surface area contributed by atoms with E-state index in [1.165, 1.54) is 19.1 Å². The van der Waals surface area contributed by atoms with Crippen LogP contribution < -0.4 is 0 Å². The zero-order valence-electron chi connectivity index (χ0n) is 18.8. The van der Waals surface area contributed by atoms with Gasteiger partial charge in [0.1, 0.15) is 18.5 Å². The van der Waals surface area contributed by atoms with E-state index in [4.69, 9.17) is 28.4 Å². The molecule has 11 heteroatoms. The molecule has 5 unspecified atom stereocenters. The fourth-order valence-electron chi connectivity index (χ4n) is 3.28. The van der Waals surface area contributed by atoms with Crippen molar-refractivity contribution in [1.29, 1.82) is 0 Å². The fraction of sp³-hybridized carbons (Fsp3) is 0.545. The molecule has 2 rings (SSSR count). The predicted molar refractivity (Wildman–Crippen MR) is 110 cm³/mol. The number of ether oxygens (including phenoxy) is 6. The molecule has 11 nitrogen and oxygen atoms in total. The Labute approximate surface area is 190 Å². The smallest absolute Gasteiger partial charge is 0.303 e. The molecule has 1 aromatic carbocycles. The number of aromatic hydroxyl groups is 1. The zero-order valence-corrected chi connectivity index (χ0v) is 18.8. The Morgan fingerprint density at radius 3 is 1.91 bits per heavy atom. The maximum absolute atomic E-state index is 11.8. The molecule has 1 aliphatic heterocycles. The minimum atomic E-state index is -1.27. The second-order valence-corrected chi connectivity index (χ2v) is 7.35. The van der Waals surface area contributed by atoms with E-state index < -0.39 is 54.6 Å². The van der Waals surface area contributed by atoms with E-state index in [2.05, 4.69) is 0 Å². The average Bonchev–Trinajstić information content (AvgIpc) is 2.71. The predicted octanol–water partition coefficient (Wildman–Crippen LogP) is 1.03. The number of phenols is 1. The number of phenolic OH excluding ortho intramolecular Hbond substituents is 1. The van der Waals surface area contributed by atoms with E-state index >= 15 is 0 Å². The summed E-state index contributed by atoms with van der Waals surface area (Å²) >= 11 is 0. The standard InChI is InChI=1S/C22H28O11/c1-12(23)29-11-18-19(30-13(2)24)20(31-14(3)25)21(32-15(4)26)22(33-18)28-10-9-16-5-7-17(27)8-6-16/h5-8,18-22,27H,9-11H2,1-4H3. The third kappa shape index (κ3) is 8.35. The van der Waals surface area contributed by atoms with Crippen LogP contribution >= 0.6 is 0 Å². The lowest BCUT2D eigenvalue weighted by molar-refractivity contribution is -0.307. The molecule has 1 heterocycles. The molecule has 0 radical (unpaired) electrons. The Kier molecular flexibility index (Phi) is 9.61. The monoisotopic (exact) mass is 468 g/mol. The van der Waals surface area contributed by atoms with Crippen LogP contribution in [0.25, 0.3) is 0 Å². The van der Waals surface area contributed by atoms with Gasteiger partial charge in [-0.3, -0.25) is 19.2 Å². The van der Waals surface area contributed by atoms with Gasteiger partial charge in [-0.15, -0.1) is 0 Å². The first-order chi connectivity index (χ1) is 15.6. The summed E-state index contributed by atoms with van der Waals surface area (Å²) in [5, 5.41) is 9.40. The van der Waals surface area contributed by atoms with Crippen LogP contribution in [0.1, 0.15) is 33.3 Å². The Morgan fingerprint density at radius 2 is 1.36 bits per heavy atom. The summed E-state index contributed by atoms with van der Waals surface area (Å²) < 4.78 is 32.6. The highest BCUT2D eigenvalue weighted by atomic mass is 16.7. The Balaban J connectivity index is 2.27. The highest BCUT2D eigenvalue weighted by Gasteiger charge is 2.52. The number of esters is 4. The summed E-state index contributed by atoms with van der Waals surface area (Å²) in [5.41, 5.74) is 0.860. The van der Waals surface area contributed by atoms with Crippen molar-refractivity contribution < 1.29 is 52.7 Å². The van der Waals surface area contributed by atoms with Gasteiger partial charge in [0.25, 0.3) is 0 Å². The van der Waals surface area contributed by atoms with Crippen LogP contribution in [0.2, 0.25) is 0 Å². The molecular formula is C22H28O11. The minimum Gasteiger partial charge on any atom is -0.508 e. The molecule has 5 atom stereocenters. The third-order valence-electron chi connectivity index (χ3n) is 4.56. The van der Waals surface area contributed by atoms with Crippen molar-refractivity contribution in [3.8, 4) is 5.75 Å². The molecule has 0 aromatic heterocycles. The summed E-state index contributed by atoms with van der Waals surface area (Å²) in [6.45, 7) is 4.43. The first-order valence-corrected chi connectivity index (χ1v) is 10.3. The lowest BCUT2D eigenvalue weighted by Gasteiger charge is -2.44. The molecule has 1 fully saturated rings. The van der Waals surface area contributed by atoms with Gasteiger partial charge in [-0.25, -0.2) is 0 Å². The molecule has 1 saturated heterocycles. The summed E-state index contributed by atoms with van der Waals surface area (Å²) in [7, 11) is 0. The number of carbonyl (C=O) groups excluding carboxylic acids is 4. The fourth-order valence-corrected chi connectivity index (χ4v) is 3.28. The number of hydrogen-bond acceptors (Lipinski definition) is 11. The molecule has 0 aliphatic carbocycles. The number of carbonyl (C=O) groups is 4. The summed E-state index contributed by atoms with van der Waals surface area (Å²) in [6, 6.07) is 6.49. The van der Waals surface area contributed by atoms with Gasteiger partial charge >= 0.3 is 23.9 Å². The molecule has 1 aliphatic rings. The van der Waals surface area contributed by atoms with Gasteiger partial charge in [-0.05, 0) is 24.1 Å². The molecule has 0 saturated carbocycles. The SMILES string of the molecule is CC(=O)OCC1OC(OCCc2ccc(O)cc2)C(OC(C)=O)C(OC(C)=O)C1OC(C)=O. The van der Waals surface area contributed by atoms with E-state index in [9.17, 15) is 24.3 Å². The van der Waals surface area contributed by atoms with Gasteiger partial charge in [0.2, 0.25) is 0 Å². The van der Waals surface area contributed by atoms with Crippen LogP contribution in [-0.4, -0.2) is 72.9 Å². The van der Waals surface area contributed by atoms with Gasteiger partial charge in [0, 0.05) is 27.7 Å². The highest BCUT2D eigenvalue weighted by Crippen LogP contribution is 2.30. The van der Waals surface area contributed by atoms with Gasteiger partial charge < -0.3 is 33.5 Å². The van der Waals surface area contributed by atoms with Gasteiger partial charge in [0.05, 0.1) is 6.61 Å². The van der Waals surface area contributed by atoms with Crippen molar-refractivity contribution in [1.82, 2.24) is 0 Å². The second-order valence-electron chi connectivity index (χ2n) is 7.35. The average molecular weight is 468 g/mol. The molecule has 0 spiro atoms. The van der Waals surface area contributed by atoms with Crippen LogP contribution in [-0.2, 0) is 54.0 Å². The van der Waals surface area contributed by atoms with E-state index in [-0.39, 0.29) is 19.0 Å². The van der Waals surface area contributed by atoms with Crippen molar-refractivity contribution in [3.63, 3.8) is 0 Å². The van der Waals surface area contributed by atoms with Crippen molar-refractivity contribution in [2.45, 2.75) is 64.8 Å². The molecule has 0 bridgehead atoms. The molecule has 1 N–H and O–H groups in total. The Bertz CT molecular complexity index is 835. The lowest BCUT2D eigenvalue weighted by Crippen LogP contribution is -2.63. The third-order valence-corrected chi connectivity index (χ3v) is 4.56. The molecule has 0 amide bonds. The summed E-state index contributed by atoms with van der Waals surface area (Å²) in [4.78, 5) is 46.6. The maximum Gasteiger partial charge on any atom is 0.303 e. The molecule has 182 valence electrons. The first kappa shape index (κ1) is 26.1. The van der Waals surface area contributed by atoms with Crippen molar-refractivity contribution in [2.75, 3.05) is 13.2 Å². The zero-order chi connectivity index (χ0) is 24.5. The lowest BCUT2D eigenvalue weighted by atomic mass is 9.98. The van der Waals surface area contributed by atoms with E-state index in [1.54, 1.807) is 12.1 Å². The van der Waals surface area contributed by atoms with E-state index in [1.807, 2.05) is 0 Å². The summed E-state index contributed by atoms with van der Waals surface area (Å²) in [6.07, 6.45) is -5.62.